The van der Waals surface area contributed by atoms with Crippen molar-refractivity contribution in [3.63, 3.8) is 0 Å². The van der Waals surface area contributed by atoms with Gasteiger partial charge in [-0.15, -0.1) is 10.2 Å². The first kappa shape index (κ1) is 14.3. The van der Waals surface area contributed by atoms with Crippen LogP contribution < -0.4 is 14.8 Å². The van der Waals surface area contributed by atoms with E-state index in [2.05, 4.69) is 22.1 Å². The first-order chi connectivity index (χ1) is 12.3. The van der Waals surface area contributed by atoms with Gasteiger partial charge in [0, 0.05) is 23.2 Å². The molecule has 2 aromatic heterocycles. The molecule has 126 valence electrons. The molecule has 0 spiro atoms. The monoisotopic (exact) mass is 338 g/mol. The number of ether oxygens (including phenoxy) is 2. The minimum Gasteiger partial charge on any atom is -0.493 e. The highest BCUT2D eigenvalue weighted by Gasteiger charge is 2.31. The fourth-order valence-corrected chi connectivity index (χ4v) is 3.56. The Morgan fingerprint density at radius 1 is 1.28 bits per heavy atom. The third kappa shape index (κ3) is 2.02. The Labute approximate surface area is 142 Å². The molecule has 0 bridgehead atoms. The number of anilines is 1. The summed E-state index contributed by atoms with van der Waals surface area (Å²) >= 11 is 0. The lowest BCUT2D eigenvalue weighted by Crippen LogP contribution is -2.13. The molecule has 1 atom stereocenters. The van der Waals surface area contributed by atoms with Crippen molar-refractivity contribution in [3.05, 3.63) is 53.6 Å². The summed E-state index contributed by atoms with van der Waals surface area (Å²) in [5, 5.41) is 11.4. The summed E-state index contributed by atoms with van der Waals surface area (Å²) in [6, 6.07) is 5.02. The maximum Gasteiger partial charge on any atom is 0.169 e. The van der Waals surface area contributed by atoms with E-state index in [-0.39, 0.29) is 11.7 Å². The highest BCUT2D eigenvalue weighted by Crippen LogP contribution is 2.40. The Morgan fingerprint density at radius 2 is 2.12 bits per heavy atom. The van der Waals surface area contributed by atoms with Crippen LogP contribution in [0.3, 0.4) is 0 Å². The van der Waals surface area contributed by atoms with Crippen molar-refractivity contribution < 1.29 is 13.9 Å². The number of hydrogen-bond acceptors (Lipinski definition) is 5. The smallest absolute Gasteiger partial charge is 0.169 e. The zero-order chi connectivity index (χ0) is 17.0. The molecule has 2 aliphatic rings. The first-order valence-electron chi connectivity index (χ1n) is 8.06. The normalized spacial score (nSPS) is 18.0. The van der Waals surface area contributed by atoms with Gasteiger partial charge in [0.25, 0.3) is 0 Å². The number of nitrogens with zero attached hydrogens (tertiary/aromatic N) is 3. The Balaban J connectivity index is 1.69. The van der Waals surface area contributed by atoms with Gasteiger partial charge in [-0.25, -0.2) is 4.39 Å². The number of hydrogen-bond donors (Lipinski definition) is 1. The Kier molecular flexibility index (Phi) is 2.97. The number of fused-ring (bicyclic) bond motifs is 3. The van der Waals surface area contributed by atoms with Crippen molar-refractivity contribution in [2.75, 3.05) is 18.5 Å². The molecule has 25 heavy (non-hydrogen) atoms. The molecule has 2 aliphatic heterocycles. The van der Waals surface area contributed by atoms with Gasteiger partial charge in [0.05, 0.1) is 19.1 Å². The highest BCUT2D eigenvalue weighted by molar-refractivity contribution is 5.72. The minimum absolute atomic E-state index is 0.00256. The molecule has 4 heterocycles. The summed E-state index contributed by atoms with van der Waals surface area (Å²) in [5.74, 6) is 1.84. The van der Waals surface area contributed by atoms with Gasteiger partial charge in [-0.2, -0.15) is 0 Å². The molecule has 1 N–H and O–H groups in total. The second-order valence-corrected chi connectivity index (χ2v) is 6.15. The van der Waals surface area contributed by atoms with Crippen LogP contribution in [0.1, 0.15) is 22.6 Å². The molecule has 0 aliphatic carbocycles. The van der Waals surface area contributed by atoms with E-state index in [1.807, 2.05) is 6.07 Å². The summed E-state index contributed by atoms with van der Waals surface area (Å²) < 4.78 is 28.0. The van der Waals surface area contributed by atoms with Crippen LogP contribution in [0.25, 0.3) is 11.7 Å². The van der Waals surface area contributed by atoms with E-state index in [0.717, 1.165) is 16.9 Å². The number of halogens is 1. The van der Waals surface area contributed by atoms with E-state index < -0.39 is 0 Å². The van der Waals surface area contributed by atoms with E-state index in [9.17, 15) is 4.39 Å². The number of rotatable bonds is 1. The van der Waals surface area contributed by atoms with Crippen LogP contribution in [0, 0.1) is 5.82 Å². The van der Waals surface area contributed by atoms with Crippen molar-refractivity contribution in [2.24, 2.45) is 0 Å². The molecule has 7 heteroatoms. The van der Waals surface area contributed by atoms with Gasteiger partial charge in [0.15, 0.2) is 17.2 Å². The largest absolute Gasteiger partial charge is 0.493 e. The molecule has 0 saturated carbocycles. The lowest BCUT2D eigenvalue weighted by molar-refractivity contribution is 0.249. The third-order valence-electron chi connectivity index (χ3n) is 4.77. The predicted molar refractivity (Wildman–Crippen MR) is 90.5 cm³/mol. The van der Waals surface area contributed by atoms with Gasteiger partial charge in [-0.3, -0.25) is 4.40 Å². The first-order valence-corrected chi connectivity index (χ1v) is 8.06. The van der Waals surface area contributed by atoms with Crippen LogP contribution in [0.2, 0.25) is 0 Å². The molecule has 0 saturated heterocycles. The molecule has 0 fully saturated rings. The van der Waals surface area contributed by atoms with Crippen LogP contribution in [-0.4, -0.2) is 27.8 Å². The molecule has 0 amide bonds. The topological polar surface area (TPSA) is 60.7 Å². The second kappa shape index (κ2) is 5.20. The van der Waals surface area contributed by atoms with Gasteiger partial charge in [0.1, 0.15) is 17.9 Å². The van der Waals surface area contributed by atoms with Crippen LogP contribution >= 0.6 is 0 Å². The second-order valence-electron chi connectivity index (χ2n) is 6.15. The number of benzene rings is 1. The number of aromatic nitrogens is 3. The number of nitrogens with one attached hydrogen (secondary N) is 1. The minimum atomic E-state index is -0.243. The van der Waals surface area contributed by atoms with E-state index >= 15 is 0 Å². The average molecular weight is 338 g/mol. The van der Waals surface area contributed by atoms with Crippen molar-refractivity contribution in [1.29, 1.82) is 0 Å². The zero-order valence-electron chi connectivity index (χ0n) is 13.3. The Bertz CT molecular complexity index is 1010. The molecule has 5 rings (SSSR count). The molecule has 6 nitrogen and oxygen atoms in total. The average Bonchev–Trinajstić information content (AvgIpc) is 3.26. The van der Waals surface area contributed by atoms with E-state index in [1.165, 1.54) is 6.07 Å². The van der Waals surface area contributed by atoms with Crippen molar-refractivity contribution in [1.82, 2.24) is 14.6 Å². The van der Waals surface area contributed by atoms with Crippen LogP contribution in [0.4, 0.5) is 10.2 Å². The molecular weight excluding hydrogens is 323 g/mol. The van der Waals surface area contributed by atoms with E-state index in [1.54, 1.807) is 22.9 Å². The molecule has 0 radical (unpaired) electrons. The fourth-order valence-electron chi connectivity index (χ4n) is 3.56. The van der Waals surface area contributed by atoms with Crippen LogP contribution in [0.5, 0.6) is 11.5 Å². The lowest BCUT2D eigenvalue weighted by Gasteiger charge is -2.15. The van der Waals surface area contributed by atoms with E-state index in [4.69, 9.17) is 9.47 Å². The predicted octanol–water partition coefficient (Wildman–Crippen LogP) is 2.99. The maximum atomic E-state index is 14.5. The Morgan fingerprint density at radius 3 is 2.96 bits per heavy atom. The third-order valence-corrected chi connectivity index (χ3v) is 4.77. The summed E-state index contributed by atoms with van der Waals surface area (Å²) in [4.78, 5) is 0. The summed E-state index contributed by atoms with van der Waals surface area (Å²) in [5.41, 5.74) is 3.00. The van der Waals surface area contributed by atoms with Crippen molar-refractivity contribution in [3.8, 4) is 11.5 Å². The molecule has 1 aromatic carbocycles. The maximum absolute atomic E-state index is 14.5. The quantitative estimate of drug-likeness (QED) is 0.739. The van der Waals surface area contributed by atoms with Crippen molar-refractivity contribution in [2.45, 2.75) is 12.5 Å². The fraction of sp³-hybridized carbons (Fsp3) is 0.222. The van der Waals surface area contributed by atoms with Crippen LogP contribution in [0.15, 0.2) is 31.1 Å². The van der Waals surface area contributed by atoms with Gasteiger partial charge >= 0.3 is 0 Å². The summed E-state index contributed by atoms with van der Waals surface area (Å²) in [7, 11) is 0. The van der Waals surface area contributed by atoms with Gasteiger partial charge in [-0.1, -0.05) is 12.7 Å². The lowest BCUT2D eigenvalue weighted by atomic mass is 9.96. The molecule has 0 unspecified atom stereocenters. The summed E-state index contributed by atoms with van der Waals surface area (Å²) in [6.07, 6.45) is 3.32. The number of pyridine rings is 1. The highest BCUT2D eigenvalue weighted by atomic mass is 19.1. The van der Waals surface area contributed by atoms with E-state index in [0.29, 0.717) is 42.5 Å². The summed E-state index contributed by atoms with van der Waals surface area (Å²) in [6.45, 7) is 5.05. The van der Waals surface area contributed by atoms with Crippen LogP contribution in [-0.2, 0) is 6.54 Å². The molecule has 3 aromatic rings. The molecular formula is C18H15FN4O2. The SMILES string of the molecule is C=Cc1cc2c(n3cnnc13)NCc1c(F)ccc3c1[C@@H](CO3)CO2. The Hall–Kier alpha value is -3.09. The zero-order valence-corrected chi connectivity index (χ0v) is 13.3. The van der Waals surface area contributed by atoms with Gasteiger partial charge in [-0.05, 0) is 18.2 Å². The van der Waals surface area contributed by atoms with Crippen molar-refractivity contribution >= 4 is 17.5 Å². The standard InChI is InChI=1S/C18H15FN4O2/c1-2-10-5-15-18(23-9-21-22-17(10)23)20-6-12-13(19)3-4-14-16(12)11(7-24-14)8-25-15/h2-5,9,11,20H,1,6-8H2/t11-/m0/s1. The van der Waals surface area contributed by atoms with Gasteiger partial charge < -0.3 is 14.8 Å². The van der Waals surface area contributed by atoms with Gasteiger partial charge in [0.2, 0.25) is 0 Å².